The Kier molecular flexibility index (Phi) is 7.95. The first-order valence-corrected chi connectivity index (χ1v) is 9.37. The van der Waals surface area contributed by atoms with Crippen LogP contribution >= 0.6 is 11.6 Å². The molecule has 26 heavy (non-hydrogen) atoms. The first-order valence-electron chi connectivity index (χ1n) is 8.99. The molecule has 0 aliphatic heterocycles. The number of benzene rings is 2. The summed E-state index contributed by atoms with van der Waals surface area (Å²) in [5, 5.41) is 3.88. The van der Waals surface area contributed by atoms with E-state index in [2.05, 4.69) is 22.3 Å². The summed E-state index contributed by atoms with van der Waals surface area (Å²) in [7, 11) is 4.08. The number of halogens is 1. The molecule has 0 bridgehead atoms. The SMILES string of the molecule is CCN(Cc1ccccc1Cl)C(=O)N[C@@H](CCN(C)C)c1ccccc1. The van der Waals surface area contributed by atoms with Gasteiger partial charge in [0.1, 0.15) is 0 Å². The van der Waals surface area contributed by atoms with Crippen LogP contribution in [-0.4, -0.2) is 43.0 Å². The summed E-state index contributed by atoms with van der Waals surface area (Å²) in [6.45, 7) is 3.99. The molecular formula is C21H28ClN3O. The van der Waals surface area contributed by atoms with E-state index in [1.54, 1.807) is 4.90 Å². The molecule has 2 aromatic carbocycles. The van der Waals surface area contributed by atoms with E-state index in [0.29, 0.717) is 18.1 Å². The van der Waals surface area contributed by atoms with Crippen molar-refractivity contribution in [1.29, 1.82) is 0 Å². The summed E-state index contributed by atoms with van der Waals surface area (Å²) in [5.74, 6) is 0. The number of hydrogen-bond donors (Lipinski definition) is 1. The third-order valence-corrected chi connectivity index (χ3v) is 4.72. The highest BCUT2D eigenvalue weighted by molar-refractivity contribution is 6.31. The molecule has 0 aliphatic rings. The van der Waals surface area contributed by atoms with Gasteiger partial charge in [0.2, 0.25) is 0 Å². The minimum atomic E-state index is -0.0694. The Labute approximate surface area is 161 Å². The number of amides is 2. The summed E-state index contributed by atoms with van der Waals surface area (Å²) >= 11 is 6.25. The van der Waals surface area contributed by atoms with E-state index in [1.807, 2.05) is 63.5 Å². The second kappa shape index (κ2) is 10.2. The van der Waals surface area contributed by atoms with Gasteiger partial charge in [-0.3, -0.25) is 0 Å². The molecule has 0 saturated carbocycles. The van der Waals surface area contributed by atoms with Crippen molar-refractivity contribution < 1.29 is 4.79 Å². The topological polar surface area (TPSA) is 35.6 Å². The molecule has 0 spiro atoms. The molecule has 2 amide bonds. The average molecular weight is 374 g/mol. The summed E-state index contributed by atoms with van der Waals surface area (Å²) in [6.07, 6.45) is 0.854. The highest BCUT2D eigenvalue weighted by Crippen LogP contribution is 2.20. The van der Waals surface area contributed by atoms with E-state index >= 15 is 0 Å². The van der Waals surface area contributed by atoms with Gasteiger partial charge in [-0.1, -0.05) is 60.1 Å². The Hall–Kier alpha value is -2.04. The van der Waals surface area contributed by atoms with E-state index in [4.69, 9.17) is 11.6 Å². The van der Waals surface area contributed by atoms with Gasteiger partial charge in [0.15, 0.2) is 0 Å². The molecule has 0 aliphatic carbocycles. The number of carbonyl (C=O) groups excluding carboxylic acids is 1. The van der Waals surface area contributed by atoms with E-state index < -0.39 is 0 Å². The molecule has 0 heterocycles. The van der Waals surface area contributed by atoms with Crippen LogP contribution in [0.25, 0.3) is 0 Å². The Morgan fingerprint density at radius 2 is 1.73 bits per heavy atom. The van der Waals surface area contributed by atoms with E-state index in [1.165, 1.54) is 0 Å². The van der Waals surface area contributed by atoms with Gasteiger partial charge in [-0.25, -0.2) is 4.79 Å². The molecular weight excluding hydrogens is 346 g/mol. The molecule has 0 aromatic heterocycles. The third kappa shape index (κ3) is 6.04. The van der Waals surface area contributed by atoms with Gasteiger partial charge in [-0.15, -0.1) is 0 Å². The lowest BCUT2D eigenvalue weighted by Gasteiger charge is -2.27. The Balaban J connectivity index is 2.09. The molecule has 4 nitrogen and oxygen atoms in total. The molecule has 2 aromatic rings. The molecule has 0 fully saturated rings. The summed E-state index contributed by atoms with van der Waals surface area (Å²) in [4.78, 5) is 16.8. The van der Waals surface area contributed by atoms with Crippen LogP contribution in [0.5, 0.6) is 0 Å². The maximum absolute atomic E-state index is 12.9. The van der Waals surface area contributed by atoms with Gasteiger partial charge in [0, 0.05) is 18.1 Å². The Bertz CT molecular complexity index is 691. The van der Waals surface area contributed by atoms with Gasteiger partial charge in [-0.2, -0.15) is 0 Å². The van der Waals surface area contributed by atoms with Crippen molar-refractivity contribution in [3.05, 3.63) is 70.7 Å². The molecule has 0 unspecified atom stereocenters. The van der Waals surface area contributed by atoms with Crippen molar-refractivity contribution in [3.8, 4) is 0 Å². The van der Waals surface area contributed by atoms with Crippen molar-refractivity contribution in [1.82, 2.24) is 15.1 Å². The number of urea groups is 1. The highest BCUT2D eigenvalue weighted by atomic mass is 35.5. The standard InChI is InChI=1S/C21H28ClN3O/c1-4-25(16-18-12-8-9-13-19(18)22)21(26)23-20(14-15-24(2)3)17-10-6-5-7-11-17/h5-13,20H,4,14-16H2,1-3H3,(H,23,26)/t20-/m0/s1. The van der Waals surface area contributed by atoms with Crippen molar-refractivity contribution in [2.45, 2.75) is 25.9 Å². The highest BCUT2D eigenvalue weighted by Gasteiger charge is 2.19. The fourth-order valence-corrected chi connectivity index (χ4v) is 2.99. The summed E-state index contributed by atoms with van der Waals surface area (Å²) < 4.78 is 0. The van der Waals surface area contributed by atoms with E-state index in [9.17, 15) is 4.79 Å². The normalized spacial score (nSPS) is 12.0. The summed E-state index contributed by atoms with van der Waals surface area (Å²) in [5.41, 5.74) is 2.08. The monoisotopic (exact) mass is 373 g/mol. The van der Waals surface area contributed by atoms with Gasteiger partial charge in [-0.05, 0) is 51.2 Å². The third-order valence-electron chi connectivity index (χ3n) is 4.35. The lowest BCUT2D eigenvalue weighted by molar-refractivity contribution is 0.192. The van der Waals surface area contributed by atoms with Gasteiger partial charge < -0.3 is 15.1 Å². The lowest BCUT2D eigenvalue weighted by atomic mass is 10.0. The minimum absolute atomic E-state index is 0.0219. The Morgan fingerprint density at radius 3 is 2.35 bits per heavy atom. The smallest absolute Gasteiger partial charge is 0.318 e. The number of carbonyl (C=O) groups is 1. The number of nitrogens with zero attached hydrogens (tertiary/aromatic N) is 2. The van der Waals surface area contributed by atoms with Crippen molar-refractivity contribution in [3.63, 3.8) is 0 Å². The van der Waals surface area contributed by atoms with Crippen LogP contribution in [0.2, 0.25) is 5.02 Å². The van der Waals surface area contributed by atoms with Crippen LogP contribution in [0.1, 0.15) is 30.5 Å². The quantitative estimate of drug-likeness (QED) is 0.736. The van der Waals surface area contributed by atoms with Crippen LogP contribution in [0.4, 0.5) is 4.79 Å². The van der Waals surface area contributed by atoms with Crippen LogP contribution in [0, 0.1) is 0 Å². The van der Waals surface area contributed by atoms with Crippen molar-refractivity contribution in [2.75, 3.05) is 27.2 Å². The van der Waals surface area contributed by atoms with Gasteiger partial charge >= 0.3 is 6.03 Å². The predicted molar refractivity (Wildman–Crippen MR) is 108 cm³/mol. The molecule has 2 rings (SSSR count). The second-order valence-electron chi connectivity index (χ2n) is 6.61. The Morgan fingerprint density at radius 1 is 1.08 bits per heavy atom. The maximum Gasteiger partial charge on any atom is 0.318 e. The number of hydrogen-bond acceptors (Lipinski definition) is 2. The molecule has 140 valence electrons. The number of nitrogens with one attached hydrogen (secondary N) is 1. The zero-order chi connectivity index (χ0) is 18.9. The first kappa shape index (κ1) is 20.3. The minimum Gasteiger partial charge on any atom is -0.331 e. The number of rotatable bonds is 8. The van der Waals surface area contributed by atoms with E-state index in [-0.39, 0.29) is 12.1 Å². The van der Waals surface area contributed by atoms with Gasteiger partial charge in [0.05, 0.1) is 6.04 Å². The average Bonchev–Trinajstić information content (AvgIpc) is 2.64. The fraction of sp³-hybridized carbons (Fsp3) is 0.381. The zero-order valence-electron chi connectivity index (χ0n) is 15.8. The van der Waals surface area contributed by atoms with E-state index in [0.717, 1.165) is 24.1 Å². The first-order chi connectivity index (χ1) is 12.5. The van der Waals surface area contributed by atoms with Crippen LogP contribution in [-0.2, 0) is 6.54 Å². The lowest BCUT2D eigenvalue weighted by Crippen LogP contribution is -2.41. The maximum atomic E-state index is 12.9. The van der Waals surface area contributed by atoms with Crippen LogP contribution in [0.3, 0.4) is 0 Å². The molecule has 1 atom stereocenters. The second-order valence-corrected chi connectivity index (χ2v) is 7.02. The largest absolute Gasteiger partial charge is 0.331 e. The predicted octanol–water partition coefficient (Wildman–Crippen LogP) is 4.56. The molecule has 0 saturated heterocycles. The molecule has 5 heteroatoms. The fourth-order valence-electron chi connectivity index (χ4n) is 2.79. The molecule has 1 N–H and O–H groups in total. The van der Waals surface area contributed by atoms with Gasteiger partial charge in [0.25, 0.3) is 0 Å². The zero-order valence-corrected chi connectivity index (χ0v) is 16.5. The van der Waals surface area contributed by atoms with Crippen molar-refractivity contribution >= 4 is 17.6 Å². The van der Waals surface area contributed by atoms with Crippen LogP contribution < -0.4 is 5.32 Å². The van der Waals surface area contributed by atoms with Crippen molar-refractivity contribution in [2.24, 2.45) is 0 Å². The molecule has 0 radical (unpaired) electrons. The van der Waals surface area contributed by atoms with Crippen LogP contribution in [0.15, 0.2) is 54.6 Å². The summed E-state index contributed by atoms with van der Waals surface area (Å²) in [6, 6.07) is 17.7.